The Morgan fingerprint density at radius 3 is 2.95 bits per heavy atom. The molecule has 0 bridgehead atoms. The normalized spacial score (nSPS) is 21.2. The van der Waals surface area contributed by atoms with Gasteiger partial charge in [-0.2, -0.15) is 4.31 Å². The fourth-order valence-corrected chi connectivity index (χ4v) is 4.12. The first kappa shape index (κ1) is 14.2. The van der Waals surface area contributed by atoms with Crippen LogP contribution < -0.4 is 5.32 Å². The predicted molar refractivity (Wildman–Crippen MR) is 70.2 cm³/mol. The van der Waals surface area contributed by atoms with Gasteiger partial charge in [0, 0.05) is 25.5 Å². The van der Waals surface area contributed by atoms with Crippen LogP contribution in [-0.2, 0) is 14.8 Å². The van der Waals surface area contributed by atoms with Crippen LogP contribution in [0.15, 0.2) is 23.4 Å². The van der Waals surface area contributed by atoms with Gasteiger partial charge in [0.25, 0.3) is 0 Å². The minimum absolute atomic E-state index is 0.0650. The summed E-state index contributed by atoms with van der Waals surface area (Å²) in [6, 6.07) is 0.717. The molecule has 2 rings (SSSR count). The number of carbonyl (C=O) groups excluding carboxylic acids is 1. The Hall–Kier alpha value is -1.18. The average molecular weight is 304 g/mol. The highest BCUT2D eigenvalue weighted by molar-refractivity contribution is 7.89. The summed E-state index contributed by atoms with van der Waals surface area (Å²) in [4.78, 5) is 15.5. The van der Waals surface area contributed by atoms with E-state index in [-0.39, 0.29) is 22.4 Å². The summed E-state index contributed by atoms with van der Waals surface area (Å²) >= 11 is 5.91. The molecule has 1 aromatic heterocycles. The van der Waals surface area contributed by atoms with E-state index in [0.717, 1.165) is 0 Å². The van der Waals surface area contributed by atoms with E-state index >= 15 is 0 Å². The summed E-state index contributed by atoms with van der Waals surface area (Å²) in [6.45, 7) is 2.30. The first-order valence-corrected chi connectivity index (χ1v) is 7.69. The Balaban J connectivity index is 2.44. The molecule has 104 valence electrons. The lowest BCUT2D eigenvalue weighted by Gasteiger charge is -2.33. The standard InChI is InChI=1S/C11H14ClN3O3S/c1-2-9-11(16)14-5-6-15(9)19(17,18)10-7-13-4-3-8(10)12/h3-4,7,9H,2,5-6H2,1H3,(H,14,16). The highest BCUT2D eigenvalue weighted by atomic mass is 35.5. The molecule has 1 saturated heterocycles. The molecule has 1 fully saturated rings. The lowest BCUT2D eigenvalue weighted by atomic mass is 10.2. The molecule has 0 saturated carbocycles. The number of amides is 1. The number of hydrogen-bond acceptors (Lipinski definition) is 4. The lowest BCUT2D eigenvalue weighted by molar-refractivity contribution is -0.126. The third-order valence-electron chi connectivity index (χ3n) is 2.99. The maximum absolute atomic E-state index is 12.5. The van der Waals surface area contributed by atoms with E-state index in [1.807, 2.05) is 0 Å². The van der Waals surface area contributed by atoms with E-state index in [1.54, 1.807) is 6.92 Å². The van der Waals surface area contributed by atoms with E-state index < -0.39 is 16.1 Å². The molecular formula is C11H14ClN3O3S. The van der Waals surface area contributed by atoms with Crippen LogP contribution >= 0.6 is 11.6 Å². The molecule has 1 N–H and O–H groups in total. The molecular weight excluding hydrogens is 290 g/mol. The predicted octanol–water partition coefficient (Wildman–Crippen LogP) is 0.634. The van der Waals surface area contributed by atoms with Crippen molar-refractivity contribution in [2.75, 3.05) is 13.1 Å². The molecule has 1 amide bonds. The van der Waals surface area contributed by atoms with Gasteiger partial charge in [0.1, 0.15) is 10.9 Å². The quantitative estimate of drug-likeness (QED) is 0.888. The van der Waals surface area contributed by atoms with Gasteiger partial charge in [-0.25, -0.2) is 8.42 Å². The van der Waals surface area contributed by atoms with Crippen molar-refractivity contribution in [1.29, 1.82) is 0 Å². The summed E-state index contributed by atoms with van der Waals surface area (Å²) in [5.74, 6) is -0.280. The lowest BCUT2D eigenvalue weighted by Crippen LogP contribution is -2.56. The summed E-state index contributed by atoms with van der Waals surface area (Å²) in [7, 11) is -3.81. The topological polar surface area (TPSA) is 79.4 Å². The van der Waals surface area contributed by atoms with Gasteiger partial charge in [0.05, 0.1) is 5.02 Å². The zero-order valence-electron chi connectivity index (χ0n) is 10.3. The maximum atomic E-state index is 12.5. The maximum Gasteiger partial charge on any atom is 0.246 e. The molecule has 1 aliphatic rings. The number of sulfonamides is 1. The number of aromatic nitrogens is 1. The fraction of sp³-hybridized carbons (Fsp3) is 0.455. The SMILES string of the molecule is CCC1C(=O)NCCN1S(=O)(=O)c1cnccc1Cl. The van der Waals surface area contributed by atoms with Crippen molar-refractivity contribution in [3.05, 3.63) is 23.5 Å². The van der Waals surface area contributed by atoms with Crippen molar-refractivity contribution in [3.63, 3.8) is 0 Å². The van der Waals surface area contributed by atoms with Crippen LogP contribution in [0.25, 0.3) is 0 Å². The molecule has 0 radical (unpaired) electrons. The summed E-state index contributed by atoms with van der Waals surface area (Å²) in [5, 5.41) is 2.76. The Morgan fingerprint density at radius 2 is 2.32 bits per heavy atom. The summed E-state index contributed by atoms with van der Waals surface area (Å²) < 4.78 is 26.3. The van der Waals surface area contributed by atoms with Crippen LogP contribution in [0.2, 0.25) is 5.02 Å². The van der Waals surface area contributed by atoms with Crippen LogP contribution in [-0.4, -0.2) is 42.7 Å². The second-order valence-electron chi connectivity index (χ2n) is 4.14. The molecule has 1 unspecified atom stereocenters. The van der Waals surface area contributed by atoms with Gasteiger partial charge in [0.15, 0.2) is 0 Å². The van der Waals surface area contributed by atoms with Crippen LogP contribution in [0.1, 0.15) is 13.3 Å². The summed E-state index contributed by atoms with van der Waals surface area (Å²) in [5.41, 5.74) is 0. The second-order valence-corrected chi connectivity index (χ2v) is 6.40. The van der Waals surface area contributed by atoms with Gasteiger partial charge in [-0.1, -0.05) is 18.5 Å². The van der Waals surface area contributed by atoms with Crippen LogP contribution in [0, 0.1) is 0 Å². The molecule has 1 aromatic rings. The second kappa shape index (κ2) is 5.44. The van der Waals surface area contributed by atoms with Crippen molar-refractivity contribution in [3.8, 4) is 0 Å². The molecule has 0 aliphatic carbocycles. The number of pyridine rings is 1. The first-order valence-electron chi connectivity index (χ1n) is 5.87. The third-order valence-corrected chi connectivity index (χ3v) is 5.37. The highest BCUT2D eigenvalue weighted by Crippen LogP contribution is 2.26. The number of halogens is 1. The summed E-state index contributed by atoms with van der Waals surface area (Å²) in [6.07, 6.45) is 3.03. The van der Waals surface area contributed by atoms with Gasteiger partial charge < -0.3 is 5.32 Å². The van der Waals surface area contributed by atoms with Crippen molar-refractivity contribution in [2.45, 2.75) is 24.3 Å². The first-order chi connectivity index (χ1) is 8.98. The van der Waals surface area contributed by atoms with Gasteiger partial charge in [-0.05, 0) is 12.5 Å². The number of piperazine rings is 1. The van der Waals surface area contributed by atoms with E-state index in [1.165, 1.54) is 22.8 Å². The van der Waals surface area contributed by atoms with E-state index in [2.05, 4.69) is 10.3 Å². The van der Waals surface area contributed by atoms with E-state index in [0.29, 0.717) is 13.0 Å². The number of nitrogens with one attached hydrogen (secondary N) is 1. The Morgan fingerprint density at radius 1 is 1.58 bits per heavy atom. The van der Waals surface area contributed by atoms with Gasteiger partial charge in [0.2, 0.25) is 15.9 Å². The molecule has 8 heteroatoms. The number of hydrogen-bond donors (Lipinski definition) is 1. The van der Waals surface area contributed by atoms with Crippen LogP contribution in [0.5, 0.6) is 0 Å². The number of nitrogens with zero attached hydrogens (tertiary/aromatic N) is 2. The van der Waals surface area contributed by atoms with Crippen LogP contribution in [0.4, 0.5) is 0 Å². The minimum atomic E-state index is -3.81. The number of rotatable bonds is 3. The van der Waals surface area contributed by atoms with Gasteiger partial charge in [-0.3, -0.25) is 9.78 Å². The van der Waals surface area contributed by atoms with E-state index in [9.17, 15) is 13.2 Å². The van der Waals surface area contributed by atoms with Crippen molar-refractivity contribution < 1.29 is 13.2 Å². The Bertz CT molecular complexity index is 591. The molecule has 19 heavy (non-hydrogen) atoms. The Kier molecular flexibility index (Phi) is 4.07. The number of carbonyl (C=O) groups is 1. The van der Waals surface area contributed by atoms with Gasteiger partial charge >= 0.3 is 0 Å². The van der Waals surface area contributed by atoms with Crippen molar-refractivity contribution in [2.24, 2.45) is 0 Å². The van der Waals surface area contributed by atoms with Gasteiger partial charge in [-0.15, -0.1) is 0 Å². The zero-order chi connectivity index (χ0) is 14.0. The third kappa shape index (κ3) is 2.58. The minimum Gasteiger partial charge on any atom is -0.353 e. The van der Waals surface area contributed by atoms with E-state index in [4.69, 9.17) is 11.6 Å². The molecule has 1 aliphatic heterocycles. The fourth-order valence-electron chi connectivity index (χ4n) is 2.05. The molecule has 6 nitrogen and oxygen atoms in total. The largest absolute Gasteiger partial charge is 0.353 e. The monoisotopic (exact) mass is 303 g/mol. The Labute approximate surface area is 116 Å². The molecule has 0 spiro atoms. The molecule has 0 aromatic carbocycles. The molecule has 1 atom stereocenters. The zero-order valence-corrected chi connectivity index (χ0v) is 11.9. The van der Waals surface area contributed by atoms with Crippen LogP contribution in [0.3, 0.4) is 0 Å². The van der Waals surface area contributed by atoms with Crippen molar-refractivity contribution >= 4 is 27.5 Å². The average Bonchev–Trinajstić information content (AvgIpc) is 2.38. The molecule has 2 heterocycles. The van der Waals surface area contributed by atoms with Crippen molar-refractivity contribution in [1.82, 2.24) is 14.6 Å². The smallest absolute Gasteiger partial charge is 0.246 e. The highest BCUT2D eigenvalue weighted by Gasteiger charge is 2.38.